The van der Waals surface area contributed by atoms with Crippen LogP contribution in [0, 0.1) is 0 Å². The minimum atomic E-state index is 0.897. The van der Waals surface area contributed by atoms with Crippen molar-refractivity contribution in [2.24, 2.45) is 0 Å². The molecule has 0 aliphatic heterocycles. The largest absolute Gasteiger partial charge is 0.456 e. The third kappa shape index (κ3) is 5.45. The van der Waals surface area contributed by atoms with E-state index < -0.39 is 0 Å². The summed E-state index contributed by atoms with van der Waals surface area (Å²) in [6, 6.07) is 71.2. The van der Waals surface area contributed by atoms with E-state index >= 15 is 0 Å². The third-order valence-corrected chi connectivity index (χ3v) is 10.9. The lowest BCUT2D eigenvalue weighted by molar-refractivity contribution is 0.668. The minimum absolute atomic E-state index is 0.897. The second-order valence-electron chi connectivity index (χ2n) is 14.2. The molecule has 2 heterocycles. The lowest BCUT2D eigenvalue weighted by Crippen LogP contribution is -2.10. The Labute approximate surface area is 317 Å². The van der Waals surface area contributed by atoms with Crippen molar-refractivity contribution in [1.29, 1.82) is 0 Å². The van der Waals surface area contributed by atoms with E-state index in [1.165, 1.54) is 21.9 Å². The third-order valence-electron chi connectivity index (χ3n) is 10.9. The standard InChI is InChI=1S/C52H33NO2/c1-2-9-37-30-39(17-16-34(37)8-1)35-18-24-42(25-19-35)53(43-26-20-36(21-27-43)41-22-28-47-45-12-3-5-14-49(45)55-52(47)33-41)44-11-7-10-38(31-44)40-23-29-51-48(32-40)46-13-4-6-15-50(46)54-51/h1-33H. The van der Waals surface area contributed by atoms with Crippen molar-refractivity contribution in [2.45, 2.75) is 0 Å². The average molecular weight is 704 g/mol. The molecule has 0 radical (unpaired) electrons. The molecule has 0 aliphatic carbocycles. The Bertz CT molecular complexity index is 3200. The molecule has 0 aliphatic rings. The maximum Gasteiger partial charge on any atom is 0.136 e. The molecule has 9 aromatic carbocycles. The summed E-state index contributed by atoms with van der Waals surface area (Å²) in [5.41, 5.74) is 13.7. The van der Waals surface area contributed by atoms with Crippen LogP contribution in [0.3, 0.4) is 0 Å². The number of rotatable bonds is 6. The van der Waals surface area contributed by atoms with E-state index in [1.807, 2.05) is 24.3 Å². The van der Waals surface area contributed by atoms with Gasteiger partial charge in [-0.15, -0.1) is 0 Å². The second kappa shape index (κ2) is 12.6. The van der Waals surface area contributed by atoms with Gasteiger partial charge in [-0.05, 0) is 123 Å². The van der Waals surface area contributed by atoms with Crippen LogP contribution in [-0.2, 0) is 0 Å². The Morgan fingerprint density at radius 1 is 0.255 bits per heavy atom. The van der Waals surface area contributed by atoms with E-state index in [1.54, 1.807) is 0 Å². The van der Waals surface area contributed by atoms with E-state index in [2.05, 4.69) is 181 Å². The van der Waals surface area contributed by atoms with Gasteiger partial charge in [-0.25, -0.2) is 0 Å². The first-order chi connectivity index (χ1) is 27.2. The zero-order chi connectivity index (χ0) is 36.3. The molecule has 3 nitrogen and oxygen atoms in total. The van der Waals surface area contributed by atoms with Crippen LogP contribution in [-0.4, -0.2) is 0 Å². The van der Waals surface area contributed by atoms with Crippen molar-refractivity contribution >= 4 is 71.7 Å². The van der Waals surface area contributed by atoms with Crippen LogP contribution in [0.1, 0.15) is 0 Å². The van der Waals surface area contributed by atoms with Crippen LogP contribution in [0.15, 0.2) is 209 Å². The average Bonchev–Trinajstić information content (AvgIpc) is 3.82. The molecule has 0 fully saturated rings. The highest BCUT2D eigenvalue weighted by molar-refractivity contribution is 6.07. The van der Waals surface area contributed by atoms with Gasteiger partial charge in [0.25, 0.3) is 0 Å². The summed E-state index contributed by atoms with van der Waals surface area (Å²) in [6.45, 7) is 0. The Morgan fingerprint density at radius 2 is 0.764 bits per heavy atom. The summed E-state index contributed by atoms with van der Waals surface area (Å²) in [5, 5.41) is 7.01. The number of anilines is 3. The lowest BCUT2D eigenvalue weighted by atomic mass is 10.00. The van der Waals surface area contributed by atoms with E-state index in [0.717, 1.165) is 83.2 Å². The van der Waals surface area contributed by atoms with Gasteiger partial charge in [-0.1, -0.05) is 121 Å². The molecular formula is C52H33NO2. The zero-order valence-electron chi connectivity index (χ0n) is 29.8. The molecule has 0 spiro atoms. The zero-order valence-corrected chi connectivity index (χ0v) is 29.8. The smallest absolute Gasteiger partial charge is 0.136 e. The molecule has 0 saturated heterocycles. The van der Waals surface area contributed by atoms with Gasteiger partial charge in [-0.3, -0.25) is 0 Å². The maximum absolute atomic E-state index is 6.23. The van der Waals surface area contributed by atoms with Crippen molar-refractivity contribution < 1.29 is 8.83 Å². The summed E-state index contributed by atoms with van der Waals surface area (Å²) < 4.78 is 12.4. The van der Waals surface area contributed by atoms with Crippen LogP contribution in [0.5, 0.6) is 0 Å². The molecule has 0 atom stereocenters. The fourth-order valence-electron chi connectivity index (χ4n) is 8.06. The summed E-state index contributed by atoms with van der Waals surface area (Å²) in [7, 11) is 0. The molecule has 3 heteroatoms. The van der Waals surface area contributed by atoms with Crippen LogP contribution >= 0.6 is 0 Å². The van der Waals surface area contributed by atoms with E-state index in [4.69, 9.17) is 8.83 Å². The summed E-state index contributed by atoms with van der Waals surface area (Å²) in [5.74, 6) is 0. The molecule has 0 bridgehead atoms. The van der Waals surface area contributed by atoms with Gasteiger partial charge < -0.3 is 13.7 Å². The van der Waals surface area contributed by atoms with Gasteiger partial charge in [0, 0.05) is 38.6 Å². The summed E-state index contributed by atoms with van der Waals surface area (Å²) >= 11 is 0. The Hall–Kier alpha value is -7.36. The molecule has 11 aromatic rings. The van der Waals surface area contributed by atoms with E-state index in [-0.39, 0.29) is 0 Å². The number of fused-ring (bicyclic) bond motifs is 7. The van der Waals surface area contributed by atoms with Gasteiger partial charge in [0.05, 0.1) is 0 Å². The predicted molar refractivity (Wildman–Crippen MR) is 229 cm³/mol. The number of hydrogen-bond acceptors (Lipinski definition) is 3. The van der Waals surface area contributed by atoms with E-state index in [9.17, 15) is 0 Å². The van der Waals surface area contributed by atoms with Gasteiger partial charge in [0.1, 0.15) is 22.3 Å². The number of para-hydroxylation sites is 2. The highest BCUT2D eigenvalue weighted by atomic mass is 16.3. The number of nitrogens with zero attached hydrogens (tertiary/aromatic N) is 1. The van der Waals surface area contributed by atoms with Crippen LogP contribution < -0.4 is 4.90 Å². The van der Waals surface area contributed by atoms with Gasteiger partial charge in [-0.2, -0.15) is 0 Å². The molecule has 258 valence electrons. The fraction of sp³-hybridized carbons (Fsp3) is 0. The molecule has 0 saturated carbocycles. The monoisotopic (exact) mass is 703 g/mol. The van der Waals surface area contributed by atoms with Crippen molar-refractivity contribution in [1.82, 2.24) is 0 Å². The first kappa shape index (κ1) is 31.2. The number of hydrogen-bond donors (Lipinski definition) is 0. The van der Waals surface area contributed by atoms with Crippen molar-refractivity contribution in [3.63, 3.8) is 0 Å². The minimum Gasteiger partial charge on any atom is -0.456 e. The molecule has 2 aromatic heterocycles. The van der Waals surface area contributed by atoms with Crippen molar-refractivity contribution in [2.75, 3.05) is 4.90 Å². The quantitative estimate of drug-likeness (QED) is 0.173. The first-order valence-electron chi connectivity index (χ1n) is 18.6. The van der Waals surface area contributed by atoms with Gasteiger partial charge in [0.2, 0.25) is 0 Å². The Balaban J connectivity index is 0.995. The molecular weight excluding hydrogens is 671 g/mol. The van der Waals surface area contributed by atoms with Crippen molar-refractivity contribution in [3.05, 3.63) is 200 Å². The van der Waals surface area contributed by atoms with Crippen LogP contribution in [0.4, 0.5) is 17.1 Å². The lowest BCUT2D eigenvalue weighted by Gasteiger charge is -2.26. The SMILES string of the molecule is c1cc(-c2ccc3oc4ccccc4c3c2)cc(N(c2ccc(-c3ccc4ccccc4c3)cc2)c2ccc(-c3ccc4c(c3)oc3ccccc34)cc2)c1. The second-order valence-corrected chi connectivity index (χ2v) is 14.2. The van der Waals surface area contributed by atoms with E-state index in [0.29, 0.717) is 0 Å². The maximum atomic E-state index is 6.23. The highest BCUT2D eigenvalue weighted by Gasteiger charge is 2.16. The Morgan fingerprint density at radius 3 is 1.51 bits per heavy atom. The number of furan rings is 2. The molecule has 11 rings (SSSR count). The predicted octanol–water partition coefficient (Wildman–Crippen LogP) is 15.1. The van der Waals surface area contributed by atoms with Crippen LogP contribution in [0.2, 0.25) is 0 Å². The van der Waals surface area contributed by atoms with Crippen LogP contribution in [0.25, 0.3) is 88.0 Å². The fourth-order valence-corrected chi connectivity index (χ4v) is 8.06. The first-order valence-corrected chi connectivity index (χ1v) is 18.6. The Kier molecular flexibility index (Phi) is 7.17. The normalized spacial score (nSPS) is 11.6. The van der Waals surface area contributed by atoms with Gasteiger partial charge >= 0.3 is 0 Å². The number of benzene rings is 9. The van der Waals surface area contributed by atoms with Crippen molar-refractivity contribution in [3.8, 4) is 33.4 Å². The highest BCUT2D eigenvalue weighted by Crippen LogP contribution is 2.40. The summed E-state index contributed by atoms with van der Waals surface area (Å²) in [4.78, 5) is 2.34. The topological polar surface area (TPSA) is 29.5 Å². The molecule has 0 N–H and O–H groups in total. The van der Waals surface area contributed by atoms with Gasteiger partial charge in [0.15, 0.2) is 0 Å². The molecule has 0 unspecified atom stereocenters. The molecule has 55 heavy (non-hydrogen) atoms. The summed E-state index contributed by atoms with van der Waals surface area (Å²) in [6.07, 6.45) is 0. The molecule has 0 amide bonds.